The van der Waals surface area contributed by atoms with Gasteiger partial charge in [-0.25, -0.2) is 13.1 Å². The summed E-state index contributed by atoms with van der Waals surface area (Å²) >= 11 is 5.51. The van der Waals surface area contributed by atoms with Crippen molar-refractivity contribution in [2.75, 3.05) is 12.4 Å². The molecular weight excluding hydrogens is 411 g/mol. The van der Waals surface area contributed by atoms with E-state index in [0.717, 1.165) is 0 Å². The number of alkyl halides is 3. The molecule has 1 amide bonds. The van der Waals surface area contributed by atoms with Crippen molar-refractivity contribution in [2.45, 2.75) is 17.6 Å². The van der Waals surface area contributed by atoms with Gasteiger partial charge in [-0.1, -0.05) is 11.6 Å². The maximum Gasteiger partial charge on any atom is 0.417 e. The Kier molecular flexibility index (Phi) is 5.97. The summed E-state index contributed by atoms with van der Waals surface area (Å²) in [5.41, 5.74) is -1.92. The van der Waals surface area contributed by atoms with E-state index in [9.17, 15) is 31.2 Å². The van der Waals surface area contributed by atoms with Gasteiger partial charge in [-0.3, -0.25) is 9.59 Å². The number of aromatic nitrogens is 1. The van der Waals surface area contributed by atoms with Crippen molar-refractivity contribution in [3.05, 3.63) is 57.5 Å². The third kappa shape index (κ3) is 5.08. The fraction of sp³-hybridized carbons (Fsp3) is 0.200. The highest BCUT2D eigenvalue weighted by molar-refractivity contribution is 7.89. The highest BCUT2D eigenvalue weighted by Gasteiger charge is 2.32. The lowest BCUT2D eigenvalue weighted by molar-refractivity contribution is -0.138. The lowest BCUT2D eigenvalue weighted by Gasteiger charge is -2.12. The molecule has 1 heterocycles. The molecule has 0 aliphatic carbocycles. The van der Waals surface area contributed by atoms with Crippen LogP contribution < -0.4 is 15.6 Å². The van der Waals surface area contributed by atoms with Crippen LogP contribution in [0.5, 0.6) is 0 Å². The van der Waals surface area contributed by atoms with Crippen LogP contribution in [-0.2, 0) is 27.5 Å². The van der Waals surface area contributed by atoms with E-state index >= 15 is 0 Å². The molecule has 0 saturated carbocycles. The van der Waals surface area contributed by atoms with Crippen LogP contribution in [0.25, 0.3) is 0 Å². The Bertz CT molecular complexity index is 1020. The van der Waals surface area contributed by atoms with Gasteiger partial charge in [0, 0.05) is 11.9 Å². The van der Waals surface area contributed by atoms with Gasteiger partial charge in [0.25, 0.3) is 5.56 Å². The summed E-state index contributed by atoms with van der Waals surface area (Å²) < 4.78 is 64.3. The molecule has 12 heteroatoms. The SMILES string of the molecule is CNS(=O)(=O)c1ccc(NC(=O)Cn2cc(C(F)(F)F)cc(Cl)c2=O)cc1. The molecule has 0 fully saturated rings. The van der Waals surface area contributed by atoms with E-state index < -0.39 is 44.8 Å². The van der Waals surface area contributed by atoms with E-state index in [0.29, 0.717) is 16.8 Å². The first-order valence-electron chi connectivity index (χ1n) is 7.24. The lowest BCUT2D eigenvalue weighted by Crippen LogP contribution is -2.29. The number of benzene rings is 1. The second-order valence-corrected chi connectivity index (χ2v) is 7.58. The normalized spacial score (nSPS) is 12.0. The summed E-state index contributed by atoms with van der Waals surface area (Å²) in [5.74, 6) is -0.795. The number of halogens is 4. The maximum absolute atomic E-state index is 12.8. The second-order valence-electron chi connectivity index (χ2n) is 5.29. The van der Waals surface area contributed by atoms with Crippen molar-refractivity contribution in [1.82, 2.24) is 9.29 Å². The zero-order chi connectivity index (χ0) is 20.4. The topological polar surface area (TPSA) is 97.3 Å². The Hall–Kier alpha value is -2.37. The lowest BCUT2D eigenvalue weighted by atomic mass is 10.2. The zero-order valence-corrected chi connectivity index (χ0v) is 15.2. The Morgan fingerprint density at radius 3 is 2.33 bits per heavy atom. The van der Waals surface area contributed by atoms with E-state index in [1.165, 1.54) is 31.3 Å². The quantitative estimate of drug-likeness (QED) is 0.769. The van der Waals surface area contributed by atoms with E-state index in [4.69, 9.17) is 11.6 Å². The van der Waals surface area contributed by atoms with Gasteiger partial charge in [-0.2, -0.15) is 13.2 Å². The number of carbonyl (C=O) groups is 1. The van der Waals surface area contributed by atoms with Gasteiger partial charge in [-0.15, -0.1) is 0 Å². The number of hydrogen-bond donors (Lipinski definition) is 2. The monoisotopic (exact) mass is 423 g/mol. The number of sulfonamides is 1. The summed E-state index contributed by atoms with van der Waals surface area (Å²) in [6.45, 7) is -0.709. The molecule has 0 bridgehead atoms. The number of rotatable bonds is 5. The fourth-order valence-corrected chi connectivity index (χ4v) is 3.02. The largest absolute Gasteiger partial charge is 0.417 e. The number of anilines is 1. The molecule has 0 saturated heterocycles. The Morgan fingerprint density at radius 1 is 1.22 bits per heavy atom. The Labute approximate surface area is 156 Å². The van der Waals surface area contributed by atoms with Crippen LogP contribution in [0.3, 0.4) is 0 Å². The highest BCUT2D eigenvalue weighted by Crippen LogP contribution is 2.29. The molecule has 0 spiro atoms. The minimum Gasteiger partial charge on any atom is -0.325 e. The molecule has 1 aromatic carbocycles. The first kappa shape index (κ1) is 20.9. The van der Waals surface area contributed by atoms with E-state index in [1.54, 1.807) is 0 Å². The molecule has 146 valence electrons. The predicted molar refractivity (Wildman–Crippen MR) is 92.0 cm³/mol. The van der Waals surface area contributed by atoms with Gasteiger partial charge in [0.15, 0.2) is 0 Å². The fourth-order valence-electron chi connectivity index (χ4n) is 2.06. The maximum atomic E-state index is 12.8. The average Bonchev–Trinajstić information content (AvgIpc) is 2.58. The molecular formula is C15H13ClF3N3O4S. The molecule has 0 aliphatic rings. The summed E-state index contributed by atoms with van der Waals surface area (Å²) in [6, 6.07) is 5.54. The first-order chi connectivity index (χ1) is 12.4. The van der Waals surface area contributed by atoms with Crippen LogP contribution in [0.4, 0.5) is 18.9 Å². The van der Waals surface area contributed by atoms with Gasteiger partial charge < -0.3 is 9.88 Å². The molecule has 2 rings (SSSR count). The number of hydrogen-bond acceptors (Lipinski definition) is 4. The van der Waals surface area contributed by atoms with Crippen LogP contribution in [0.1, 0.15) is 5.56 Å². The number of nitrogens with one attached hydrogen (secondary N) is 2. The summed E-state index contributed by atoms with van der Waals surface area (Å²) in [7, 11) is -2.41. The van der Waals surface area contributed by atoms with Crippen molar-refractivity contribution in [1.29, 1.82) is 0 Å². The van der Waals surface area contributed by atoms with Gasteiger partial charge in [0.2, 0.25) is 15.9 Å². The molecule has 2 aromatic rings. The summed E-state index contributed by atoms with van der Waals surface area (Å²) in [5, 5.41) is 1.69. The minimum atomic E-state index is -4.73. The molecule has 0 unspecified atom stereocenters. The van der Waals surface area contributed by atoms with Gasteiger partial charge in [-0.05, 0) is 37.4 Å². The third-order valence-corrected chi connectivity index (χ3v) is 5.10. The number of pyridine rings is 1. The number of carbonyl (C=O) groups excluding carboxylic acids is 1. The van der Waals surface area contributed by atoms with Gasteiger partial charge in [0.1, 0.15) is 11.6 Å². The molecule has 0 aliphatic heterocycles. The van der Waals surface area contributed by atoms with E-state index in [-0.39, 0.29) is 10.6 Å². The van der Waals surface area contributed by atoms with Crippen LogP contribution in [0.15, 0.2) is 46.2 Å². The Balaban J connectivity index is 2.19. The smallest absolute Gasteiger partial charge is 0.325 e. The number of amides is 1. The molecule has 7 nitrogen and oxygen atoms in total. The van der Waals surface area contributed by atoms with Crippen molar-refractivity contribution < 1.29 is 26.4 Å². The number of nitrogens with zero attached hydrogens (tertiary/aromatic N) is 1. The highest BCUT2D eigenvalue weighted by atomic mass is 35.5. The van der Waals surface area contributed by atoms with Gasteiger partial charge >= 0.3 is 6.18 Å². The van der Waals surface area contributed by atoms with Crippen molar-refractivity contribution in [2.24, 2.45) is 0 Å². The van der Waals surface area contributed by atoms with Crippen LogP contribution in [0.2, 0.25) is 5.02 Å². The predicted octanol–water partition coefficient (Wildman–Crippen LogP) is 2.07. The van der Waals surface area contributed by atoms with Crippen molar-refractivity contribution in [3.63, 3.8) is 0 Å². The van der Waals surface area contributed by atoms with Crippen LogP contribution in [-0.4, -0.2) is 25.9 Å². The van der Waals surface area contributed by atoms with Gasteiger partial charge in [0.05, 0.1) is 10.5 Å². The molecule has 0 radical (unpaired) electrons. The first-order valence-corrected chi connectivity index (χ1v) is 9.11. The van der Waals surface area contributed by atoms with Crippen LogP contribution >= 0.6 is 11.6 Å². The zero-order valence-electron chi connectivity index (χ0n) is 13.7. The van der Waals surface area contributed by atoms with E-state index in [1.807, 2.05) is 0 Å². The second kappa shape index (κ2) is 7.71. The summed E-state index contributed by atoms with van der Waals surface area (Å²) in [6.07, 6.45) is -4.24. The molecule has 0 atom stereocenters. The molecule has 27 heavy (non-hydrogen) atoms. The van der Waals surface area contributed by atoms with Crippen LogP contribution in [0, 0.1) is 0 Å². The third-order valence-electron chi connectivity index (χ3n) is 3.40. The van der Waals surface area contributed by atoms with Crippen molar-refractivity contribution >= 4 is 33.2 Å². The minimum absolute atomic E-state index is 0.0381. The molecule has 2 N–H and O–H groups in total. The summed E-state index contributed by atoms with van der Waals surface area (Å²) in [4.78, 5) is 23.8. The Morgan fingerprint density at radius 2 is 1.81 bits per heavy atom. The van der Waals surface area contributed by atoms with E-state index in [2.05, 4.69) is 10.0 Å². The van der Waals surface area contributed by atoms with Crippen molar-refractivity contribution in [3.8, 4) is 0 Å². The average molecular weight is 424 g/mol. The molecule has 1 aromatic heterocycles. The standard InChI is InChI=1S/C15H13ClF3N3O4S/c1-20-27(25,26)11-4-2-10(3-5-11)21-13(23)8-22-7-9(15(17,18)19)6-12(16)14(22)24/h2-7,20H,8H2,1H3,(H,21,23).